The standard InChI is InChI=1S/C15H24ClNO/c1-5-9-18-15-8-7-13(16)10-14(15)17-12(4)11(3)6-2/h7-8,10-12,17H,5-6,9H2,1-4H3. The fraction of sp³-hybridized carbons (Fsp3) is 0.600. The Morgan fingerprint density at radius 3 is 2.61 bits per heavy atom. The monoisotopic (exact) mass is 269 g/mol. The largest absolute Gasteiger partial charge is 0.491 e. The van der Waals surface area contributed by atoms with Crippen LogP contribution in [0.4, 0.5) is 5.69 Å². The molecule has 1 aromatic carbocycles. The van der Waals surface area contributed by atoms with Crippen molar-refractivity contribution < 1.29 is 4.74 Å². The minimum Gasteiger partial charge on any atom is -0.491 e. The van der Waals surface area contributed by atoms with Crippen molar-refractivity contribution in [2.75, 3.05) is 11.9 Å². The molecule has 0 fully saturated rings. The van der Waals surface area contributed by atoms with E-state index in [1.54, 1.807) is 0 Å². The highest BCUT2D eigenvalue weighted by atomic mass is 35.5. The fourth-order valence-corrected chi connectivity index (χ4v) is 1.87. The van der Waals surface area contributed by atoms with Gasteiger partial charge in [0, 0.05) is 11.1 Å². The number of nitrogens with one attached hydrogen (secondary N) is 1. The summed E-state index contributed by atoms with van der Waals surface area (Å²) in [5.41, 5.74) is 0.990. The number of halogens is 1. The molecule has 3 heteroatoms. The lowest BCUT2D eigenvalue weighted by atomic mass is 10.0. The first-order chi connectivity index (χ1) is 8.58. The Hall–Kier alpha value is -0.890. The molecule has 0 aliphatic carbocycles. The van der Waals surface area contributed by atoms with E-state index in [1.807, 2.05) is 18.2 Å². The summed E-state index contributed by atoms with van der Waals surface area (Å²) in [4.78, 5) is 0. The number of hydrogen-bond acceptors (Lipinski definition) is 2. The first-order valence-electron chi connectivity index (χ1n) is 6.77. The third-order valence-electron chi connectivity index (χ3n) is 3.28. The third kappa shape index (κ3) is 4.41. The van der Waals surface area contributed by atoms with Crippen molar-refractivity contribution in [3.8, 4) is 5.75 Å². The molecule has 2 unspecified atom stereocenters. The lowest BCUT2D eigenvalue weighted by molar-refractivity contribution is 0.318. The molecule has 0 heterocycles. The van der Waals surface area contributed by atoms with Crippen LogP contribution in [0, 0.1) is 5.92 Å². The fourth-order valence-electron chi connectivity index (χ4n) is 1.69. The maximum Gasteiger partial charge on any atom is 0.142 e. The van der Waals surface area contributed by atoms with Gasteiger partial charge in [-0.25, -0.2) is 0 Å². The zero-order valence-electron chi connectivity index (χ0n) is 11.8. The van der Waals surface area contributed by atoms with Gasteiger partial charge in [0.05, 0.1) is 12.3 Å². The van der Waals surface area contributed by atoms with E-state index in [1.165, 1.54) is 0 Å². The summed E-state index contributed by atoms with van der Waals surface area (Å²) in [6.45, 7) is 9.47. The van der Waals surface area contributed by atoms with Gasteiger partial charge in [0.25, 0.3) is 0 Å². The molecule has 18 heavy (non-hydrogen) atoms. The average Bonchev–Trinajstić information content (AvgIpc) is 2.36. The van der Waals surface area contributed by atoms with E-state index in [9.17, 15) is 0 Å². The van der Waals surface area contributed by atoms with E-state index < -0.39 is 0 Å². The van der Waals surface area contributed by atoms with Crippen molar-refractivity contribution in [2.45, 2.75) is 46.6 Å². The highest BCUT2D eigenvalue weighted by molar-refractivity contribution is 6.30. The Bertz CT molecular complexity index is 368. The van der Waals surface area contributed by atoms with E-state index >= 15 is 0 Å². The topological polar surface area (TPSA) is 21.3 Å². The van der Waals surface area contributed by atoms with Crippen molar-refractivity contribution in [1.29, 1.82) is 0 Å². The van der Waals surface area contributed by atoms with Crippen molar-refractivity contribution in [1.82, 2.24) is 0 Å². The molecule has 0 spiro atoms. The molecule has 2 nitrogen and oxygen atoms in total. The van der Waals surface area contributed by atoms with Gasteiger partial charge in [0.15, 0.2) is 0 Å². The minimum atomic E-state index is 0.400. The number of rotatable bonds is 7. The average molecular weight is 270 g/mol. The Morgan fingerprint density at radius 1 is 1.28 bits per heavy atom. The molecule has 0 aliphatic heterocycles. The molecule has 0 aliphatic rings. The van der Waals surface area contributed by atoms with Crippen LogP contribution in [0.15, 0.2) is 18.2 Å². The lowest BCUT2D eigenvalue weighted by Crippen LogP contribution is -2.23. The molecule has 102 valence electrons. The van der Waals surface area contributed by atoms with Crippen LogP contribution < -0.4 is 10.1 Å². The number of anilines is 1. The summed E-state index contributed by atoms with van der Waals surface area (Å²) in [6.07, 6.45) is 2.16. The van der Waals surface area contributed by atoms with Crippen LogP contribution in [0.3, 0.4) is 0 Å². The Labute approximate surface area is 116 Å². The summed E-state index contributed by atoms with van der Waals surface area (Å²) in [6, 6.07) is 6.14. The molecular weight excluding hydrogens is 246 g/mol. The zero-order valence-corrected chi connectivity index (χ0v) is 12.6. The Balaban J connectivity index is 2.81. The highest BCUT2D eigenvalue weighted by Gasteiger charge is 2.12. The van der Waals surface area contributed by atoms with E-state index in [-0.39, 0.29) is 0 Å². The molecular formula is C15H24ClNO. The van der Waals surface area contributed by atoms with Crippen LogP contribution in [-0.4, -0.2) is 12.6 Å². The molecule has 1 aromatic rings. The van der Waals surface area contributed by atoms with Gasteiger partial charge in [-0.1, -0.05) is 38.8 Å². The summed E-state index contributed by atoms with van der Waals surface area (Å²) < 4.78 is 5.73. The molecule has 2 atom stereocenters. The molecule has 0 bridgehead atoms. The Kier molecular flexibility index (Phi) is 6.34. The predicted molar refractivity (Wildman–Crippen MR) is 79.8 cm³/mol. The van der Waals surface area contributed by atoms with Crippen LogP contribution in [0.5, 0.6) is 5.75 Å². The van der Waals surface area contributed by atoms with Gasteiger partial charge in [-0.15, -0.1) is 0 Å². The second-order valence-corrected chi connectivity index (χ2v) is 5.24. The maximum atomic E-state index is 6.05. The van der Waals surface area contributed by atoms with Gasteiger partial charge < -0.3 is 10.1 Å². The van der Waals surface area contributed by atoms with Gasteiger partial charge in [-0.2, -0.15) is 0 Å². The van der Waals surface area contributed by atoms with Crippen molar-refractivity contribution in [3.63, 3.8) is 0 Å². The van der Waals surface area contributed by atoms with E-state index in [4.69, 9.17) is 16.3 Å². The van der Waals surface area contributed by atoms with Gasteiger partial charge in [0.1, 0.15) is 5.75 Å². The minimum absolute atomic E-state index is 0.400. The SMILES string of the molecule is CCCOc1ccc(Cl)cc1NC(C)C(C)CC. The summed E-state index contributed by atoms with van der Waals surface area (Å²) in [5.74, 6) is 1.50. The van der Waals surface area contributed by atoms with Crippen LogP contribution in [0.2, 0.25) is 5.02 Å². The lowest BCUT2D eigenvalue weighted by Gasteiger charge is -2.23. The number of ether oxygens (including phenoxy) is 1. The first kappa shape index (κ1) is 15.2. The smallest absolute Gasteiger partial charge is 0.142 e. The van der Waals surface area contributed by atoms with Crippen LogP contribution >= 0.6 is 11.6 Å². The quantitative estimate of drug-likeness (QED) is 0.754. The summed E-state index contributed by atoms with van der Waals surface area (Å²) in [7, 11) is 0. The van der Waals surface area contributed by atoms with Crippen molar-refractivity contribution >= 4 is 17.3 Å². The normalized spacial score (nSPS) is 14.1. The van der Waals surface area contributed by atoms with E-state index in [0.717, 1.165) is 35.9 Å². The van der Waals surface area contributed by atoms with Crippen molar-refractivity contribution in [3.05, 3.63) is 23.2 Å². The molecule has 0 radical (unpaired) electrons. The first-order valence-corrected chi connectivity index (χ1v) is 7.15. The van der Waals surface area contributed by atoms with Crippen LogP contribution in [0.25, 0.3) is 0 Å². The third-order valence-corrected chi connectivity index (χ3v) is 3.52. The molecule has 0 saturated heterocycles. The number of benzene rings is 1. The molecule has 0 amide bonds. The molecule has 0 saturated carbocycles. The molecule has 0 aromatic heterocycles. The summed E-state index contributed by atoms with van der Waals surface area (Å²) >= 11 is 6.05. The van der Waals surface area contributed by atoms with E-state index in [2.05, 4.69) is 33.0 Å². The van der Waals surface area contributed by atoms with Gasteiger partial charge in [-0.05, 0) is 37.5 Å². The van der Waals surface area contributed by atoms with E-state index in [0.29, 0.717) is 12.0 Å². The zero-order chi connectivity index (χ0) is 13.5. The molecule has 1 N–H and O–H groups in total. The van der Waals surface area contributed by atoms with Gasteiger partial charge >= 0.3 is 0 Å². The summed E-state index contributed by atoms with van der Waals surface area (Å²) in [5, 5.41) is 4.24. The second-order valence-electron chi connectivity index (χ2n) is 4.81. The maximum absolute atomic E-state index is 6.05. The van der Waals surface area contributed by atoms with Gasteiger partial charge in [0.2, 0.25) is 0 Å². The predicted octanol–water partition coefficient (Wildman–Crippen LogP) is 4.98. The number of hydrogen-bond donors (Lipinski definition) is 1. The van der Waals surface area contributed by atoms with Crippen LogP contribution in [0.1, 0.15) is 40.5 Å². The van der Waals surface area contributed by atoms with Gasteiger partial charge in [-0.3, -0.25) is 0 Å². The van der Waals surface area contributed by atoms with Crippen molar-refractivity contribution in [2.24, 2.45) is 5.92 Å². The second kappa shape index (κ2) is 7.52. The molecule has 1 rings (SSSR count). The Morgan fingerprint density at radius 2 is 2.00 bits per heavy atom. The highest BCUT2D eigenvalue weighted by Crippen LogP contribution is 2.29. The van der Waals surface area contributed by atoms with Crippen LogP contribution in [-0.2, 0) is 0 Å².